The second-order valence-electron chi connectivity index (χ2n) is 8.78. The highest BCUT2D eigenvalue weighted by Gasteiger charge is 2.31. The Morgan fingerprint density at radius 2 is 1.93 bits per heavy atom. The highest BCUT2D eigenvalue weighted by molar-refractivity contribution is 5.94. The fourth-order valence-electron chi connectivity index (χ4n) is 5.13. The Balaban J connectivity index is 1.39. The summed E-state index contributed by atoms with van der Waals surface area (Å²) in [7, 11) is 0. The molecule has 4 rings (SSSR count). The molecule has 1 aromatic rings. The van der Waals surface area contributed by atoms with Gasteiger partial charge in [0.15, 0.2) is 0 Å². The third kappa shape index (κ3) is 4.71. The average molecular weight is 387 g/mol. The zero-order chi connectivity index (χ0) is 19.3. The predicted octanol–water partition coefficient (Wildman–Crippen LogP) is 3.06. The van der Waals surface area contributed by atoms with Gasteiger partial charge in [-0.3, -0.25) is 4.79 Å². The van der Waals surface area contributed by atoms with Crippen LogP contribution in [0.3, 0.4) is 0 Å². The maximum absolute atomic E-state index is 13.3. The van der Waals surface area contributed by atoms with E-state index >= 15 is 0 Å². The number of piperidine rings is 1. The van der Waals surface area contributed by atoms with Crippen molar-refractivity contribution in [2.24, 2.45) is 5.92 Å². The fourth-order valence-corrected chi connectivity index (χ4v) is 5.13. The second-order valence-corrected chi connectivity index (χ2v) is 8.78. The van der Waals surface area contributed by atoms with Crippen molar-refractivity contribution in [2.45, 2.75) is 70.4 Å². The Morgan fingerprint density at radius 3 is 2.61 bits per heavy atom. The summed E-state index contributed by atoms with van der Waals surface area (Å²) in [5, 5.41) is 0. The first-order valence-corrected chi connectivity index (χ1v) is 11.1. The molecule has 28 heavy (non-hydrogen) atoms. The summed E-state index contributed by atoms with van der Waals surface area (Å²) in [5.74, 6) is 0.639. The van der Waals surface area contributed by atoms with Crippen molar-refractivity contribution in [3.05, 3.63) is 23.8 Å². The van der Waals surface area contributed by atoms with Gasteiger partial charge in [-0.1, -0.05) is 12.8 Å². The zero-order valence-electron chi connectivity index (χ0n) is 17.2. The molecule has 1 aromatic heterocycles. The van der Waals surface area contributed by atoms with Crippen LogP contribution in [0.4, 0.5) is 0 Å². The minimum Gasteiger partial charge on any atom is -0.376 e. The van der Waals surface area contributed by atoms with E-state index in [1.165, 1.54) is 57.9 Å². The van der Waals surface area contributed by atoms with Crippen LogP contribution in [0.15, 0.2) is 12.5 Å². The van der Waals surface area contributed by atoms with Gasteiger partial charge in [-0.05, 0) is 64.5 Å². The first-order chi connectivity index (χ1) is 13.7. The van der Waals surface area contributed by atoms with Crippen molar-refractivity contribution < 1.29 is 9.53 Å². The SMILES string of the molecule is Cc1ncncc1C(=O)N(CC1CCN(C2CCCC2)CC1)CC1CCCO1. The van der Waals surface area contributed by atoms with Crippen LogP contribution >= 0.6 is 0 Å². The smallest absolute Gasteiger partial charge is 0.257 e. The lowest BCUT2D eigenvalue weighted by Crippen LogP contribution is -2.45. The number of aryl methyl sites for hydroxylation is 1. The van der Waals surface area contributed by atoms with E-state index in [4.69, 9.17) is 4.74 Å². The molecular weight excluding hydrogens is 352 g/mol. The third-order valence-corrected chi connectivity index (χ3v) is 6.85. The van der Waals surface area contributed by atoms with Crippen molar-refractivity contribution in [1.82, 2.24) is 19.8 Å². The lowest BCUT2D eigenvalue weighted by atomic mass is 9.94. The van der Waals surface area contributed by atoms with Crippen molar-refractivity contribution in [3.63, 3.8) is 0 Å². The highest BCUT2D eigenvalue weighted by Crippen LogP contribution is 2.28. The lowest BCUT2D eigenvalue weighted by molar-refractivity contribution is 0.0428. The minimum atomic E-state index is 0.0619. The van der Waals surface area contributed by atoms with Crippen molar-refractivity contribution in [3.8, 4) is 0 Å². The van der Waals surface area contributed by atoms with Crippen molar-refractivity contribution in [2.75, 3.05) is 32.8 Å². The molecular formula is C22H34N4O2. The molecule has 2 saturated heterocycles. The molecule has 1 amide bonds. The van der Waals surface area contributed by atoms with Crippen LogP contribution in [0.1, 0.15) is 67.4 Å². The summed E-state index contributed by atoms with van der Waals surface area (Å²) >= 11 is 0. The van der Waals surface area contributed by atoms with Gasteiger partial charge in [-0.25, -0.2) is 9.97 Å². The monoisotopic (exact) mass is 386 g/mol. The van der Waals surface area contributed by atoms with Gasteiger partial charge >= 0.3 is 0 Å². The van der Waals surface area contributed by atoms with Gasteiger partial charge in [0.2, 0.25) is 0 Å². The Kier molecular flexibility index (Phi) is 6.58. The molecule has 1 unspecified atom stereocenters. The topological polar surface area (TPSA) is 58.6 Å². The van der Waals surface area contributed by atoms with Crippen LogP contribution in [-0.2, 0) is 4.74 Å². The van der Waals surface area contributed by atoms with Gasteiger partial charge in [-0.15, -0.1) is 0 Å². The van der Waals surface area contributed by atoms with Crippen LogP contribution in [0, 0.1) is 12.8 Å². The molecule has 2 aliphatic heterocycles. The van der Waals surface area contributed by atoms with Gasteiger partial charge in [0.05, 0.1) is 17.4 Å². The minimum absolute atomic E-state index is 0.0619. The number of carbonyl (C=O) groups is 1. The van der Waals surface area contributed by atoms with E-state index in [0.29, 0.717) is 18.0 Å². The molecule has 3 fully saturated rings. The Morgan fingerprint density at radius 1 is 1.14 bits per heavy atom. The molecule has 3 aliphatic rings. The normalized spacial score (nSPS) is 24.7. The number of amides is 1. The number of hydrogen-bond acceptors (Lipinski definition) is 5. The molecule has 0 N–H and O–H groups in total. The van der Waals surface area contributed by atoms with E-state index in [-0.39, 0.29) is 12.0 Å². The van der Waals surface area contributed by atoms with Gasteiger partial charge in [0.25, 0.3) is 5.91 Å². The zero-order valence-corrected chi connectivity index (χ0v) is 17.2. The van der Waals surface area contributed by atoms with Gasteiger partial charge in [-0.2, -0.15) is 0 Å². The second kappa shape index (κ2) is 9.31. The molecule has 6 heteroatoms. The predicted molar refractivity (Wildman–Crippen MR) is 108 cm³/mol. The fraction of sp³-hybridized carbons (Fsp3) is 0.773. The third-order valence-electron chi connectivity index (χ3n) is 6.85. The number of rotatable bonds is 6. The number of hydrogen-bond donors (Lipinski definition) is 0. The van der Waals surface area contributed by atoms with E-state index in [1.54, 1.807) is 6.20 Å². The standard InChI is InChI=1S/C22H34N4O2/c1-17-21(13-23-16-24-17)22(27)26(15-20-7-4-12-28-20)14-18-8-10-25(11-9-18)19-5-2-3-6-19/h13,16,18-20H,2-12,14-15H2,1H3. The van der Waals surface area contributed by atoms with E-state index in [1.807, 2.05) is 11.8 Å². The van der Waals surface area contributed by atoms with Gasteiger partial charge < -0.3 is 14.5 Å². The summed E-state index contributed by atoms with van der Waals surface area (Å²) < 4.78 is 5.84. The van der Waals surface area contributed by atoms with Crippen molar-refractivity contribution in [1.29, 1.82) is 0 Å². The number of likely N-dealkylation sites (tertiary alicyclic amines) is 1. The summed E-state index contributed by atoms with van der Waals surface area (Å²) in [6.45, 7) is 6.59. The summed E-state index contributed by atoms with van der Waals surface area (Å²) in [6, 6.07) is 0.815. The molecule has 1 aliphatic carbocycles. The van der Waals surface area contributed by atoms with E-state index in [2.05, 4.69) is 14.9 Å². The molecule has 154 valence electrons. The van der Waals surface area contributed by atoms with E-state index in [9.17, 15) is 4.79 Å². The summed E-state index contributed by atoms with van der Waals surface area (Å²) in [5.41, 5.74) is 1.39. The largest absolute Gasteiger partial charge is 0.376 e. The Bertz CT molecular complexity index is 648. The number of nitrogens with zero attached hydrogens (tertiary/aromatic N) is 4. The van der Waals surface area contributed by atoms with Crippen LogP contribution in [0.25, 0.3) is 0 Å². The summed E-state index contributed by atoms with van der Waals surface area (Å²) in [6.07, 6.45) is 13.4. The highest BCUT2D eigenvalue weighted by atomic mass is 16.5. The van der Waals surface area contributed by atoms with Gasteiger partial charge in [0.1, 0.15) is 6.33 Å². The van der Waals surface area contributed by atoms with Crippen LogP contribution in [0.5, 0.6) is 0 Å². The quantitative estimate of drug-likeness (QED) is 0.752. The van der Waals surface area contributed by atoms with Gasteiger partial charge in [0, 0.05) is 31.9 Å². The summed E-state index contributed by atoms with van der Waals surface area (Å²) in [4.78, 5) is 26.3. The Labute approximate surface area is 168 Å². The number of carbonyl (C=O) groups excluding carboxylic acids is 1. The lowest BCUT2D eigenvalue weighted by Gasteiger charge is -2.38. The molecule has 3 heterocycles. The first kappa shape index (κ1) is 19.8. The Hall–Kier alpha value is -1.53. The van der Waals surface area contributed by atoms with Crippen LogP contribution in [0.2, 0.25) is 0 Å². The van der Waals surface area contributed by atoms with Crippen LogP contribution in [-0.4, -0.2) is 70.6 Å². The van der Waals surface area contributed by atoms with E-state index in [0.717, 1.165) is 37.7 Å². The van der Waals surface area contributed by atoms with Crippen molar-refractivity contribution >= 4 is 5.91 Å². The molecule has 1 atom stereocenters. The molecule has 0 aromatic carbocycles. The maximum atomic E-state index is 13.3. The number of aromatic nitrogens is 2. The maximum Gasteiger partial charge on any atom is 0.257 e. The molecule has 0 radical (unpaired) electrons. The molecule has 1 saturated carbocycles. The first-order valence-electron chi connectivity index (χ1n) is 11.1. The van der Waals surface area contributed by atoms with E-state index < -0.39 is 0 Å². The molecule has 0 spiro atoms. The van der Waals surface area contributed by atoms with Crippen LogP contribution < -0.4 is 0 Å². The average Bonchev–Trinajstić information content (AvgIpc) is 3.42. The molecule has 6 nitrogen and oxygen atoms in total. The molecule has 0 bridgehead atoms. The number of ether oxygens (including phenoxy) is 1.